The van der Waals surface area contributed by atoms with Crippen molar-refractivity contribution in [2.45, 2.75) is 12.3 Å². The van der Waals surface area contributed by atoms with Crippen molar-refractivity contribution < 1.29 is 0 Å². The van der Waals surface area contributed by atoms with Gasteiger partial charge in [-0.2, -0.15) is 0 Å². The molecule has 2 rings (SSSR count). The lowest BCUT2D eigenvalue weighted by Gasteiger charge is -2.18. The Hall–Kier alpha value is -1.22. The molecule has 2 aromatic carbocycles. The Labute approximate surface area is 136 Å². The second-order valence-corrected chi connectivity index (χ2v) is 6.19. The molecule has 0 saturated heterocycles. The van der Waals surface area contributed by atoms with Crippen LogP contribution >= 0.6 is 23.2 Å². The summed E-state index contributed by atoms with van der Waals surface area (Å²) in [5.74, 6) is 0.276. The van der Waals surface area contributed by atoms with Gasteiger partial charge in [-0.1, -0.05) is 41.4 Å². The maximum absolute atomic E-state index is 6.07. The molecule has 2 nitrogen and oxygen atoms in total. The standard InChI is InChI=1S/C17H20Cl2N2/c1-21(2)15-6-4-13(5-7-15)14(11-20)9-12-3-8-16(18)17(19)10-12/h3-8,10,14H,9,11,20H2,1-2H3. The maximum atomic E-state index is 6.07. The van der Waals surface area contributed by atoms with Crippen LogP contribution in [0, 0.1) is 0 Å². The molecule has 0 aliphatic carbocycles. The zero-order valence-corrected chi connectivity index (χ0v) is 13.8. The highest BCUT2D eigenvalue weighted by Gasteiger charge is 2.12. The average molecular weight is 323 g/mol. The fourth-order valence-corrected chi connectivity index (χ4v) is 2.65. The highest BCUT2D eigenvalue weighted by atomic mass is 35.5. The van der Waals surface area contributed by atoms with Crippen LogP contribution in [-0.4, -0.2) is 20.6 Å². The molecule has 21 heavy (non-hydrogen) atoms. The highest BCUT2D eigenvalue weighted by molar-refractivity contribution is 6.42. The fraction of sp³-hybridized carbons (Fsp3) is 0.294. The lowest BCUT2D eigenvalue weighted by molar-refractivity contribution is 0.694. The molecule has 0 bridgehead atoms. The van der Waals surface area contributed by atoms with Crippen molar-refractivity contribution >= 4 is 28.9 Å². The van der Waals surface area contributed by atoms with Gasteiger partial charge >= 0.3 is 0 Å². The third-order valence-electron chi connectivity index (χ3n) is 3.63. The van der Waals surface area contributed by atoms with Gasteiger partial charge in [0, 0.05) is 25.7 Å². The normalized spacial score (nSPS) is 12.2. The highest BCUT2D eigenvalue weighted by Crippen LogP contribution is 2.27. The number of nitrogens with two attached hydrogens (primary N) is 1. The third-order valence-corrected chi connectivity index (χ3v) is 4.37. The molecule has 1 unspecified atom stereocenters. The van der Waals surface area contributed by atoms with E-state index in [1.807, 2.05) is 32.3 Å². The van der Waals surface area contributed by atoms with Crippen molar-refractivity contribution in [2.75, 3.05) is 25.5 Å². The molecule has 4 heteroatoms. The molecular formula is C17H20Cl2N2. The summed E-state index contributed by atoms with van der Waals surface area (Å²) < 4.78 is 0. The molecule has 0 aliphatic heterocycles. The van der Waals surface area contributed by atoms with Crippen LogP contribution < -0.4 is 10.6 Å². The second-order valence-electron chi connectivity index (χ2n) is 5.37. The van der Waals surface area contributed by atoms with E-state index in [0.29, 0.717) is 16.6 Å². The number of hydrogen-bond donors (Lipinski definition) is 1. The number of anilines is 1. The summed E-state index contributed by atoms with van der Waals surface area (Å²) in [5.41, 5.74) is 9.53. The smallest absolute Gasteiger partial charge is 0.0595 e. The Morgan fingerprint density at radius 2 is 1.67 bits per heavy atom. The average Bonchev–Trinajstić information content (AvgIpc) is 2.48. The van der Waals surface area contributed by atoms with Crippen LogP contribution in [0.15, 0.2) is 42.5 Å². The Balaban J connectivity index is 2.17. The molecule has 0 fully saturated rings. The van der Waals surface area contributed by atoms with Gasteiger partial charge in [-0.3, -0.25) is 0 Å². The minimum Gasteiger partial charge on any atom is -0.378 e. The van der Waals surface area contributed by atoms with E-state index in [1.165, 1.54) is 11.3 Å². The molecule has 0 aromatic heterocycles. The first kappa shape index (κ1) is 16.2. The van der Waals surface area contributed by atoms with Crippen molar-refractivity contribution in [1.82, 2.24) is 0 Å². The molecule has 2 N–H and O–H groups in total. The van der Waals surface area contributed by atoms with Gasteiger partial charge in [0.05, 0.1) is 10.0 Å². The van der Waals surface area contributed by atoms with E-state index in [1.54, 1.807) is 0 Å². The van der Waals surface area contributed by atoms with Crippen LogP contribution in [0.5, 0.6) is 0 Å². The molecule has 0 radical (unpaired) electrons. The molecule has 0 heterocycles. The lowest BCUT2D eigenvalue weighted by atomic mass is 9.92. The molecule has 112 valence electrons. The van der Waals surface area contributed by atoms with Crippen molar-refractivity contribution in [1.29, 1.82) is 0 Å². The van der Waals surface area contributed by atoms with Crippen molar-refractivity contribution in [2.24, 2.45) is 5.73 Å². The maximum Gasteiger partial charge on any atom is 0.0595 e. The summed E-state index contributed by atoms with van der Waals surface area (Å²) in [4.78, 5) is 2.08. The summed E-state index contributed by atoms with van der Waals surface area (Å²) in [6, 6.07) is 14.3. The van der Waals surface area contributed by atoms with E-state index < -0.39 is 0 Å². The van der Waals surface area contributed by atoms with Gasteiger partial charge < -0.3 is 10.6 Å². The summed E-state index contributed by atoms with van der Waals surface area (Å²) in [5, 5.41) is 1.17. The molecule has 0 amide bonds. The van der Waals surface area contributed by atoms with Crippen LogP contribution in [0.1, 0.15) is 17.0 Å². The van der Waals surface area contributed by atoms with Gasteiger partial charge in [0.25, 0.3) is 0 Å². The minimum absolute atomic E-state index is 0.276. The predicted octanol–water partition coefficient (Wildman–Crippen LogP) is 4.34. The predicted molar refractivity (Wildman–Crippen MR) is 92.7 cm³/mol. The first-order chi connectivity index (χ1) is 10.0. The van der Waals surface area contributed by atoms with Crippen LogP contribution in [0.25, 0.3) is 0 Å². The molecule has 0 aliphatic rings. The molecule has 2 aromatic rings. The number of hydrogen-bond acceptors (Lipinski definition) is 2. The molecule has 1 atom stereocenters. The van der Waals surface area contributed by atoms with Crippen molar-refractivity contribution in [3.63, 3.8) is 0 Å². The summed E-state index contributed by atoms with van der Waals surface area (Å²) >= 11 is 12.0. The van der Waals surface area contributed by atoms with E-state index in [4.69, 9.17) is 28.9 Å². The quantitative estimate of drug-likeness (QED) is 0.887. The summed E-state index contributed by atoms with van der Waals surface area (Å²) in [6.45, 7) is 0.599. The summed E-state index contributed by atoms with van der Waals surface area (Å²) in [7, 11) is 4.07. The topological polar surface area (TPSA) is 29.3 Å². The van der Waals surface area contributed by atoms with Gasteiger partial charge in [-0.15, -0.1) is 0 Å². The largest absolute Gasteiger partial charge is 0.378 e. The SMILES string of the molecule is CN(C)c1ccc(C(CN)Cc2ccc(Cl)c(Cl)c2)cc1. The van der Waals surface area contributed by atoms with Crippen LogP contribution in [0.4, 0.5) is 5.69 Å². The number of halogens is 2. The number of rotatable bonds is 5. The summed E-state index contributed by atoms with van der Waals surface area (Å²) in [6.07, 6.45) is 0.856. The van der Waals surface area contributed by atoms with E-state index in [9.17, 15) is 0 Å². The zero-order valence-electron chi connectivity index (χ0n) is 12.3. The monoisotopic (exact) mass is 322 g/mol. The molecule has 0 saturated carbocycles. The van der Waals surface area contributed by atoms with Crippen molar-refractivity contribution in [3.8, 4) is 0 Å². The second kappa shape index (κ2) is 7.17. The van der Waals surface area contributed by atoms with E-state index in [2.05, 4.69) is 29.2 Å². The lowest BCUT2D eigenvalue weighted by Crippen LogP contribution is -2.15. The Morgan fingerprint density at radius 3 is 2.19 bits per heavy atom. The van der Waals surface area contributed by atoms with E-state index in [-0.39, 0.29) is 5.92 Å². The van der Waals surface area contributed by atoms with E-state index in [0.717, 1.165) is 12.0 Å². The van der Waals surface area contributed by atoms with Crippen LogP contribution in [-0.2, 0) is 6.42 Å². The first-order valence-corrected chi connectivity index (χ1v) is 7.68. The van der Waals surface area contributed by atoms with Crippen molar-refractivity contribution in [3.05, 3.63) is 63.6 Å². The fourth-order valence-electron chi connectivity index (χ4n) is 2.33. The van der Waals surface area contributed by atoms with Gasteiger partial charge in [0.2, 0.25) is 0 Å². The number of benzene rings is 2. The Kier molecular flexibility index (Phi) is 5.51. The van der Waals surface area contributed by atoms with Crippen LogP contribution in [0.3, 0.4) is 0 Å². The first-order valence-electron chi connectivity index (χ1n) is 6.92. The van der Waals surface area contributed by atoms with Gasteiger partial charge in [0.15, 0.2) is 0 Å². The third kappa shape index (κ3) is 4.13. The minimum atomic E-state index is 0.276. The van der Waals surface area contributed by atoms with Crippen LogP contribution in [0.2, 0.25) is 10.0 Å². The molecular weight excluding hydrogens is 303 g/mol. The number of nitrogens with zero attached hydrogens (tertiary/aromatic N) is 1. The van der Waals surface area contributed by atoms with Gasteiger partial charge in [-0.25, -0.2) is 0 Å². The van der Waals surface area contributed by atoms with Gasteiger partial charge in [0.1, 0.15) is 0 Å². The molecule has 0 spiro atoms. The Morgan fingerprint density at radius 1 is 1.00 bits per heavy atom. The zero-order chi connectivity index (χ0) is 15.4. The van der Waals surface area contributed by atoms with Gasteiger partial charge in [-0.05, 0) is 48.4 Å². The van der Waals surface area contributed by atoms with E-state index >= 15 is 0 Å². The Bertz CT molecular complexity index is 594.